The van der Waals surface area contributed by atoms with Gasteiger partial charge in [-0.2, -0.15) is 0 Å². The number of benzene rings is 1. The molecule has 1 aromatic carbocycles. The first kappa shape index (κ1) is 41.3. The van der Waals surface area contributed by atoms with E-state index in [0.717, 1.165) is 5.75 Å². The van der Waals surface area contributed by atoms with Gasteiger partial charge >= 0.3 is 5.97 Å². The summed E-state index contributed by atoms with van der Waals surface area (Å²) in [6.45, 7) is 14.8. The van der Waals surface area contributed by atoms with Crippen LogP contribution in [-0.4, -0.2) is 69.0 Å². The van der Waals surface area contributed by atoms with Crippen LogP contribution in [-0.2, 0) is 23.9 Å². The minimum Gasteiger partial charge on any atom is -0.490 e. The van der Waals surface area contributed by atoms with Gasteiger partial charge in [-0.25, -0.2) is 0 Å². The van der Waals surface area contributed by atoms with Crippen LogP contribution in [0, 0.1) is 13.8 Å². The normalized spacial score (nSPS) is 10.0. The van der Waals surface area contributed by atoms with Crippen molar-refractivity contribution in [2.45, 2.75) is 66.8 Å². The highest BCUT2D eigenvalue weighted by Gasteiger charge is 2.21. The number of rotatable bonds is 14. The Kier molecular flexibility index (Phi) is 29.0. The number of hydrogen-bond donors (Lipinski definition) is 5. The number of carbonyl (C=O) groups excluding carboxylic acids is 4. The van der Waals surface area contributed by atoms with Gasteiger partial charge < -0.3 is 36.9 Å². The van der Waals surface area contributed by atoms with Crippen LogP contribution >= 0.6 is 0 Å². The number of amides is 3. The molecule has 12 nitrogen and oxygen atoms in total. The Morgan fingerprint density at radius 2 is 1.63 bits per heavy atom. The Balaban J connectivity index is -0.000000747. The van der Waals surface area contributed by atoms with E-state index in [1.54, 1.807) is 6.92 Å². The number of nitrogens with one attached hydrogen (secondary N) is 3. The number of unbranched alkanes of at least 4 members (excludes halogenated alkanes) is 1. The SMILES string of the molecule is C/C=C\COc1ccc(C)cc1.CC.COC(=O)CNC(=O)C(CCCCN=C(N)N)NC(=O)CNC(C)=O.[CH2+]C. The van der Waals surface area contributed by atoms with Crippen molar-refractivity contribution < 1.29 is 28.7 Å². The fourth-order valence-electron chi connectivity index (χ4n) is 2.62. The lowest BCUT2D eigenvalue weighted by Crippen LogP contribution is -2.50. The maximum absolute atomic E-state index is 12.1. The van der Waals surface area contributed by atoms with E-state index in [2.05, 4.69) is 39.5 Å². The maximum atomic E-state index is 12.1. The Labute approximate surface area is 245 Å². The number of carbonyl (C=O) groups is 4. The number of allylic oxidation sites excluding steroid dienone is 1. The second kappa shape index (κ2) is 28.8. The van der Waals surface area contributed by atoms with Crippen molar-refractivity contribution in [3.63, 3.8) is 0 Å². The first-order chi connectivity index (χ1) is 19.6. The average Bonchev–Trinajstić information content (AvgIpc) is 2.97. The molecule has 3 amide bonds. The predicted octanol–water partition coefficient (Wildman–Crippen LogP) is 2.16. The first-order valence-corrected chi connectivity index (χ1v) is 13.5. The average molecular weight is 580 g/mol. The summed E-state index contributed by atoms with van der Waals surface area (Å²) < 4.78 is 9.85. The molecule has 0 radical (unpaired) electrons. The number of aliphatic imine (C=N–C) groups is 1. The third kappa shape index (κ3) is 27.1. The molecule has 0 saturated heterocycles. The molecular weight excluding hydrogens is 528 g/mol. The molecule has 41 heavy (non-hydrogen) atoms. The lowest BCUT2D eigenvalue weighted by Gasteiger charge is -2.18. The highest BCUT2D eigenvalue weighted by molar-refractivity contribution is 5.91. The molecule has 1 atom stereocenters. The van der Waals surface area contributed by atoms with Gasteiger partial charge in [0.1, 0.15) is 24.9 Å². The van der Waals surface area contributed by atoms with Crippen molar-refractivity contribution in [3.8, 4) is 5.75 Å². The molecule has 0 bridgehead atoms. The molecule has 0 aliphatic carbocycles. The van der Waals surface area contributed by atoms with Crippen LogP contribution in [0.2, 0.25) is 0 Å². The van der Waals surface area contributed by atoms with Crippen LogP contribution in [0.3, 0.4) is 0 Å². The van der Waals surface area contributed by atoms with Crippen molar-refractivity contribution >= 4 is 29.7 Å². The molecule has 1 rings (SSSR count). The monoisotopic (exact) mass is 579 g/mol. The molecule has 232 valence electrons. The highest BCUT2D eigenvalue weighted by Crippen LogP contribution is 2.10. The molecule has 7 N–H and O–H groups in total. The van der Waals surface area contributed by atoms with Gasteiger partial charge in [-0.3, -0.25) is 24.2 Å². The van der Waals surface area contributed by atoms with Gasteiger partial charge in [0.05, 0.1) is 27.5 Å². The molecule has 0 aromatic heterocycles. The maximum Gasteiger partial charge on any atom is 0.325 e. The van der Waals surface area contributed by atoms with E-state index in [9.17, 15) is 19.2 Å². The zero-order chi connectivity index (χ0) is 32.1. The van der Waals surface area contributed by atoms with Gasteiger partial charge in [0.25, 0.3) is 0 Å². The molecule has 0 spiro atoms. The molecule has 0 heterocycles. The summed E-state index contributed by atoms with van der Waals surface area (Å²) in [7, 11) is 1.20. The number of hydrogen-bond acceptors (Lipinski definition) is 7. The summed E-state index contributed by atoms with van der Waals surface area (Å²) >= 11 is 0. The van der Waals surface area contributed by atoms with Gasteiger partial charge in [0, 0.05) is 13.5 Å². The van der Waals surface area contributed by atoms with Crippen molar-refractivity contribution in [3.05, 3.63) is 48.9 Å². The third-order valence-corrected chi connectivity index (χ3v) is 4.58. The van der Waals surface area contributed by atoms with E-state index >= 15 is 0 Å². The van der Waals surface area contributed by atoms with Gasteiger partial charge in [-0.05, 0) is 45.2 Å². The molecule has 0 saturated carbocycles. The van der Waals surface area contributed by atoms with Crippen LogP contribution in [0.4, 0.5) is 0 Å². The number of guanidine groups is 1. The van der Waals surface area contributed by atoms with Gasteiger partial charge in [0.15, 0.2) is 5.96 Å². The van der Waals surface area contributed by atoms with Crippen LogP contribution in [0.25, 0.3) is 0 Å². The minimum atomic E-state index is -0.856. The van der Waals surface area contributed by atoms with Crippen LogP contribution < -0.4 is 32.2 Å². The molecule has 12 heteroatoms. The van der Waals surface area contributed by atoms with Crippen LogP contribution in [0.1, 0.15) is 59.4 Å². The van der Waals surface area contributed by atoms with E-state index in [1.165, 1.54) is 19.6 Å². The topological polar surface area (TPSA) is 187 Å². The summed E-state index contributed by atoms with van der Waals surface area (Å²) in [4.78, 5) is 49.6. The summed E-state index contributed by atoms with van der Waals surface area (Å²) in [6, 6.07) is 7.21. The molecule has 0 fully saturated rings. The van der Waals surface area contributed by atoms with E-state index in [1.807, 2.05) is 57.2 Å². The summed E-state index contributed by atoms with van der Waals surface area (Å²) in [6.07, 6.45) is 5.46. The standard InChI is InChI=1S/C14H26N6O5.C11H14O.C2H6.C2H5/c1-9(21)18-7-11(22)20-10(5-3-4-6-17-14(15)16)13(24)19-8-12(23)25-2;1-3-4-9-12-11-7-5-10(2)6-8-11;2*1-2/h10H,3-8H2,1-2H3,(H,18,21)(H,19,24)(H,20,22)(H4,15,16,17);3-8H,9H2,1-2H3;1-2H3;1H2,2H3/q;;;+1/b;4-3-;;. The molecule has 1 unspecified atom stereocenters. The Hall–Kier alpha value is -4.22. The lowest BCUT2D eigenvalue weighted by molar-refractivity contribution is -0.141. The first-order valence-electron chi connectivity index (χ1n) is 13.5. The molecule has 0 aliphatic rings. The molecular formula is C29H51N6O6+. The van der Waals surface area contributed by atoms with E-state index in [4.69, 9.17) is 16.2 Å². The summed E-state index contributed by atoms with van der Waals surface area (Å²) in [5, 5.41) is 7.23. The second-order valence-corrected chi connectivity index (χ2v) is 7.82. The predicted molar refractivity (Wildman–Crippen MR) is 164 cm³/mol. The lowest BCUT2D eigenvalue weighted by atomic mass is 10.1. The van der Waals surface area contributed by atoms with Crippen molar-refractivity contribution in [2.24, 2.45) is 16.5 Å². The van der Waals surface area contributed by atoms with Crippen molar-refractivity contribution in [2.75, 3.05) is 33.4 Å². The largest absolute Gasteiger partial charge is 0.490 e. The van der Waals surface area contributed by atoms with Crippen LogP contribution in [0.15, 0.2) is 41.4 Å². The van der Waals surface area contributed by atoms with E-state index in [-0.39, 0.29) is 25.0 Å². The molecule has 1 aromatic rings. The number of esters is 1. The zero-order valence-corrected chi connectivity index (χ0v) is 25.7. The molecule has 0 aliphatic heterocycles. The summed E-state index contributed by atoms with van der Waals surface area (Å²) in [5.41, 5.74) is 11.7. The van der Waals surface area contributed by atoms with Crippen LogP contribution in [0.5, 0.6) is 5.75 Å². The van der Waals surface area contributed by atoms with Crippen molar-refractivity contribution in [1.29, 1.82) is 0 Å². The number of nitrogens with two attached hydrogens (primary N) is 2. The third-order valence-electron chi connectivity index (χ3n) is 4.58. The number of ether oxygens (including phenoxy) is 2. The fraction of sp³-hybridized carbons (Fsp3) is 0.517. The zero-order valence-electron chi connectivity index (χ0n) is 25.7. The number of methoxy groups -OCH3 is 1. The summed E-state index contributed by atoms with van der Waals surface area (Å²) in [5.74, 6) is -1.10. The number of nitrogens with zero attached hydrogens (tertiary/aromatic N) is 1. The Morgan fingerprint density at radius 3 is 2.15 bits per heavy atom. The van der Waals surface area contributed by atoms with Gasteiger partial charge in [-0.15, -0.1) is 0 Å². The quantitative estimate of drug-likeness (QED) is 0.0554. The van der Waals surface area contributed by atoms with E-state index in [0.29, 0.717) is 32.4 Å². The fourth-order valence-corrected chi connectivity index (χ4v) is 2.62. The van der Waals surface area contributed by atoms with Gasteiger partial charge in [0.2, 0.25) is 17.7 Å². The van der Waals surface area contributed by atoms with Gasteiger partial charge in [-0.1, -0.05) is 43.7 Å². The minimum absolute atomic E-state index is 0.0176. The highest BCUT2D eigenvalue weighted by atomic mass is 16.5. The Bertz CT molecular complexity index is 900. The Morgan fingerprint density at radius 1 is 1.02 bits per heavy atom. The van der Waals surface area contributed by atoms with Crippen molar-refractivity contribution in [1.82, 2.24) is 16.0 Å². The second-order valence-electron chi connectivity index (χ2n) is 7.82. The van der Waals surface area contributed by atoms with E-state index < -0.39 is 23.8 Å². The number of aryl methyl sites for hydroxylation is 1. The smallest absolute Gasteiger partial charge is 0.325 e.